The number of thioether (sulfide) groups is 1. The lowest BCUT2D eigenvalue weighted by molar-refractivity contribution is 0.0163. The van der Waals surface area contributed by atoms with E-state index in [0.717, 1.165) is 33.9 Å². The van der Waals surface area contributed by atoms with Gasteiger partial charge in [-0.1, -0.05) is 5.16 Å². The normalized spacial score (nSPS) is 21.0. The maximum atomic E-state index is 5.73. The highest BCUT2D eigenvalue weighted by Crippen LogP contribution is 2.33. The highest BCUT2D eigenvalue weighted by Gasteiger charge is 2.35. The van der Waals surface area contributed by atoms with E-state index in [0.29, 0.717) is 0 Å². The Morgan fingerprint density at radius 1 is 1.50 bits per heavy atom. The van der Waals surface area contributed by atoms with Gasteiger partial charge in [0.25, 0.3) is 0 Å². The Hall–Kier alpha value is -0.860. The smallest absolute Gasteiger partial charge is 0.152 e. The van der Waals surface area contributed by atoms with Gasteiger partial charge < -0.3 is 4.84 Å². The van der Waals surface area contributed by atoms with Crippen molar-refractivity contribution in [3.8, 4) is 0 Å². The molecule has 1 unspecified atom stereocenters. The molecule has 0 saturated carbocycles. The van der Waals surface area contributed by atoms with Crippen LogP contribution in [0.5, 0.6) is 0 Å². The molecule has 0 bridgehead atoms. The van der Waals surface area contributed by atoms with Crippen LogP contribution in [0.2, 0.25) is 0 Å². The van der Waals surface area contributed by atoms with E-state index >= 15 is 0 Å². The number of nitrogens with zero attached hydrogens (tertiary/aromatic N) is 4. The van der Waals surface area contributed by atoms with Gasteiger partial charge in [-0.2, -0.15) is 21.7 Å². The molecule has 22 heavy (non-hydrogen) atoms. The van der Waals surface area contributed by atoms with Gasteiger partial charge in [-0.25, -0.2) is 0 Å². The fraction of sp³-hybridized carbons (Fsp3) is 0.500. The molecule has 118 valence electrons. The molecule has 2 aromatic heterocycles. The summed E-state index contributed by atoms with van der Waals surface area (Å²) in [4.78, 5) is 8.55. The summed E-state index contributed by atoms with van der Waals surface area (Å²) in [7, 11) is 1.82. The van der Waals surface area contributed by atoms with E-state index in [1.54, 1.807) is 27.9 Å². The van der Waals surface area contributed by atoms with Crippen molar-refractivity contribution in [2.45, 2.75) is 31.6 Å². The van der Waals surface area contributed by atoms with Crippen molar-refractivity contribution in [3.05, 3.63) is 32.2 Å². The molecule has 1 aliphatic rings. The number of rotatable bonds is 5. The molecule has 8 heteroatoms. The minimum Gasteiger partial charge on any atom is -0.388 e. The number of hydrogen-bond acceptors (Lipinski definition) is 6. The SMILES string of the molecule is Cc1ccsc1C1=NOC(C)(CSCc2nn(C)nc2Br)C1. The minimum atomic E-state index is -0.245. The molecule has 2 aromatic rings. The number of aryl methyl sites for hydroxylation is 2. The van der Waals surface area contributed by atoms with Crippen LogP contribution in [0.1, 0.15) is 29.5 Å². The number of hydrogen-bond donors (Lipinski definition) is 0. The lowest BCUT2D eigenvalue weighted by Gasteiger charge is -2.20. The van der Waals surface area contributed by atoms with Gasteiger partial charge in [-0.05, 0) is 46.8 Å². The third-order valence-electron chi connectivity index (χ3n) is 3.42. The Kier molecular flexibility index (Phi) is 4.61. The molecular formula is C14H17BrN4OS2. The summed E-state index contributed by atoms with van der Waals surface area (Å²) < 4.78 is 0.811. The summed E-state index contributed by atoms with van der Waals surface area (Å²) in [6.45, 7) is 4.23. The number of thiophene rings is 1. The molecule has 0 amide bonds. The molecule has 0 aliphatic carbocycles. The van der Waals surface area contributed by atoms with Gasteiger partial charge in [-0.15, -0.1) is 16.4 Å². The van der Waals surface area contributed by atoms with E-state index in [4.69, 9.17) is 4.84 Å². The van der Waals surface area contributed by atoms with E-state index in [9.17, 15) is 0 Å². The van der Waals surface area contributed by atoms with Crippen LogP contribution in [0.15, 0.2) is 21.2 Å². The first-order valence-corrected chi connectivity index (χ1v) is 9.72. The standard InChI is InChI=1S/C14H17BrN4OS2/c1-9-4-5-22-12(9)10-6-14(2,20-18-10)8-21-7-11-13(15)17-19(3)16-11/h4-5H,6-8H2,1-3H3. The molecule has 0 aromatic carbocycles. The zero-order chi connectivity index (χ0) is 15.7. The average Bonchev–Trinajstić information content (AvgIpc) is 3.11. The maximum Gasteiger partial charge on any atom is 0.152 e. The maximum absolute atomic E-state index is 5.73. The van der Waals surface area contributed by atoms with E-state index in [1.807, 2.05) is 7.05 Å². The zero-order valence-electron chi connectivity index (χ0n) is 12.7. The molecule has 1 atom stereocenters. The number of halogens is 1. The van der Waals surface area contributed by atoms with E-state index < -0.39 is 0 Å². The highest BCUT2D eigenvalue weighted by molar-refractivity contribution is 9.10. The predicted molar refractivity (Wildman–Crippen MR) is 94.6 cm³/mol. The van der Waals surface area contributed by atoms with Crippen LogP contribution in [0.3, 0.4) is 0 Å². The summed E-state index contributed by atoms with van der Waals surface area (Å²) in [5, 5.41) is 14.9. The first-order valence-electron chi connectivity index (χ1n) is 6.90. The van der Waals surface area contributed by atoms with E-state index in [2.05, 4.69) is 56.6 Å². The van der Waals surface area contributed by atoms with Gasteiger partial charge in [-0.3, -0.25) is 0 Å². The van der Waals surface area contributed by atoms with Gasteiger partial charge in [0.1, 0.15) is 17.0 Å². The van der Waals surface area contributed by atoms with Crippen molar-refractivity contribution in [1.29, 1.82) is 0 Å². The minimum absolute atomic E-state index is 0.245. The van der Waals surface area contributed by atoms with Crippen molar-refractivity contribution in [2.24, 2.45) is 12.2 Å². The van der Waals surface area contributed by atoms with Crippen LogP contribution in [-0.2, 0) is 17.6 Å². The Balaban J connectivity index is 1.56. The summed E-state index contributed by atoms with van der Waals surface area (Å²) >= 11 is 6.95. The molecule has 5 nitrogen and oxygen atoms in total. The van der Waals surface area contributed by atoms with Crippen molar-refractivity contribution in [1.82, 2.24) is 15.0 Å². The van der Waals surface area contributed by atoms with Crippen LogP contribution in [-0.4, -0.2) is 32.1 Å². The highest BCUT2D eigenvalue weighted by atomic mass is 79.9. The van der Waals surface area contributed by atoms with E-state index in [-0.39, 0.29) is 5.60 Å². The predicted octanol–water partition coefficient (Wildman–Crippen LogP) is 3.76. The van der Waals surface area contributed by atoms with Crippen LogP contribution in [0.25, 0.3) is 0 Å². The lowest BCUT2D eigenvalue weighted by Crippen LogP contribution is -2.28. The third kappa shape index (κ3) is 3.38. The van der Waals surface area contributed by atoms with Crippen molar-refractivity contribution in [2.75, 3.05) is 5.75 Å². The Labute approximate surface area is 146 Å². The zero-order valence-corrected chi connectivity index (χ0v) is 15.9. The second-order valence-corrected chi connectivity index (χ2v) is 8.26. The van der Waals surface area contributed by atoms with Gasteiger partial charge in [0.15, 0.2) is 4.60 Å². The fourth-order valence-corrected chi connectivity index (χ4v) is 4.95. The molecule has 0 saturated heterocycles. The Bertz CT molecular complexity index is 712. The number of aromatic nitrogens is 3. The van der Waals surface area contributed by atoms with Crippen LogP contribution in [0, 0.1) is 6.92 Å². The quantitative estimate of drug-likeness (QED) is 0.766. The second kappa shape index (κ2) is 6.33. The largest absolute Gasteiger partial charge is 0.388 e. The summed E-state index contributed by atoms with van der Waals surface area (Å²) in [6.07, 6.45) is 0.850. The van der Waals surface area contributed by atoms with Gasteiger partial charge in [0.05, 0.1) is 4.88 Å². The van der Waals surface area contributed by atoms with Crippen molar-refractivity contribution < 1.29 is 4.84 Å². The van der Waals surface area contributed by atoms with Gasteiger partial charge in [0, 0.05) is 25.0 Å². The molecule has 0 N–H and O–H groups in total. The van der Waals surface area contributed by atoms with Gasteiger partial charge in [0.2, 0.25) is 0 Å². The summed E-state index contributed by atoms with van der Waals surface area (Å²) in [5.74, 6) is 1.67. The first-order chi connectivity index (χ1) is 10.5. The monoisotopic (exact) mass is 400 g/mol. The average molecular weight is 401 g/mol. The van der Waals surface area contributed by atoms with Crippen molar-refractivity contribution >= 4 is 44.7 Å². The molecule has 0 radical (unpaired) electrons. The lowest BCUT2D eigenvalue weighted by atomic mass is 10.0. The molecule has 1 aliphatic heterocycles. The number of oxime groups is 1. The first kappa shape index (κ1) is 16.0. The van der Waals surface area contributed by atoms with E-state index in [1.165, 1.54) is 10.4 Å². The molecule has 3 heterocycles. The van der Waals surface area contributed by atoms with Crippen LogP contribution in [0.4, 0.5) is 0 Å². The molecular weight excluding hydrogens is 384 g/mol. The Morgan fingerprint density at radius 3 is 2.95 bits per heavy atom. The third-order valence-corrected chi connectivity index (χ3v) is 6.40. The Morgan fingerprint density at radius 2 is 2.32 bits per heavy atom. The summed E-state index contributed by atoms with van der Waals surface area (Å²) in [5.41, 5.74) is 3.05. The summed E-state index contributed by atoms with van der Waals surface area (Å²) in [6, 6.07) is 2.12. The fourth-order valence-electron chi connectivity index (χ4n) is 2.33. The van der Waals surface area contributed by atoms with Crippen LogP contribution >= 0.6 is 39.0 Å². The second-order valence-electron chi connectivity index (χ2n) is 5.61. The van der Waals surface area contributed by atoms with Gasteiger partial charge >= 0.3 is 0 Å². The topological polar surface area (TPSA) is 52.3 Å². The van der Waals surface area contributed by atoms with Crippen LogP contribution < -0.4 is 0 Å². The molecule has 0 fully saturated rings. The van der Waals surface area contributed by atoms with Crippen molar-refractivity contribution in [3.63, 3.8) is 0 Å². The molecule has 3 rings (SSSR count). The molecule has 0 spiro atoms.